The molecular weight excluding hydrogens is 396 g/mol. The first kappa shape index (κ1) is 22.1. The topological polar surface area (TPSA) is 38.7 Å². The summed E-state index contributed by atoms with van der Waals surface area (Å²) in [7, 11) is 0. The molecule has 0 aromatic rings. The highest BCUT2D eigenvalue weighted by molar-refractivity contribution is 5.33. The van der Waals surface area contributed by atoms with Crippen molar-refractivity contribution >= 4 is 0 Å². The van der Waals surface area contributed by atoms with Crippen LogP contribution >= 0.6 is 0 Å². The van der Waals surface area contributed by atoms with Crippen molar-refractivity contribution < 1.29 is 14.9 Å². The SMILES string of the molecule is CC(C)[C@@H](C)C1CC1[C@@H](C)[C@H]1CC[C@@H]2[C@]1(C)CC[C@H]1[C@]23C=C[C@]2(C[C@@H](O)CC[C@]12C)OO3. The van der Waals surface area contributed by atoms with Crippen LogP contribution in [-0.2, 0) is 9.78 Å². The van der Waals surface area contributed by atoms with Gasteiger partial charge in [-0.05, 0) is 91.9 Å². The van der Waals surface area contributed by atoms with E-state index >= 15 is 0 Å². The Morgan fingerprint density at radius 1 is 0.875 bits per heavy atom. The van der Waals surface area contributed by atoms with Crippen molar-refractivity contribution in [3.8, 4) is 0 Å². The van der Waals surface area contributed by atoms with E-state index < -0.39 is 5.60 Å². The molecule has 2 aliphatic heterocycles. The van der Waals surface area contributed by atoms with E-state index in [9.17, 15) is 5.11 Å². The highest BCUT2D eigenvalue weighted by Crippen LogP contribution is 2.73. The summed E-state index contributed by atoms with van der Waals surface area (Å²) in [6, 6.07) is 0. The Labute approximate surface area is 195 Å². The standard InChI is InChI=1S/C29H46O3/c1-17(2)18(3)21-15-22(21)19(4)23-7-8-24-26(23,5)11-10-25-27(6)12-9-20(30)16-28(27)13-14-29(24,25)32-31-28/h13-14,17-25,30H,7-12,15-16H2,1-6H3/t18-,19-,20+,21?,22?,23-,24-,25-,26-,27-,28-,29+/m1/s1. The Balaban J connectivity index is 1.29. The molecule has 3 heteroatoms. The van der Waals surface area contributed by atoms with Gasteiger partial charge in [0.05, 0.1) is 6.10 Å². The molecule has 32 heavy (non-hydrogen) atoms. The first-order chi connectivity index (χ1) is 15.1. The fraction of sp³-hybridized carbons (Fsp3) is 0.931. The predicted molar refractivity (Wildman–Crippen MR) is 127 cm³/mol. The van der Waals surface area contributed by atoms with Crippen LogP contribution in [0.3, 0.4) is 0 Å². The fourth-order valence-electron chi connectivity index (χ4n) is 10.2. The summed E-state index contributed by atoms with van der Waals surface area (Å²) in [5, 5.41) is 10.4. The number of hydrogen-bond donors (Lipinski definition) is 1. The third-order valence-electron chi connectivity index (χ3n) is 12.6. The zero-order valence-corrected chi connectivity index (χ0v) is 21.3. The van der Waals surface area contributed by atoms with Crippen LogP contribution in [0.15, 0.2) is 12.2 Å². The molecule has 0 aromatic carbocycles. The van der Waals surface area contributed by atoms with Crippen molar-refractivity contribution in [2.45, 2.75) is 110 Å². The molecule has 1 saturated heterocycles. The van der Waals surface area contributed by atoms with E-state index in [1.165, 1.54) is 32.1 Å². The van der Waals surface area contributed by atoms with Gasteiger partial charge in [0.15, 0.2) is 0 Å². The van der Waals surface area contributed by atoms with E-state index in [4.69, 9.17) is 9.78 Å². The third kappa shape index (κ3) is 2.60. The van der Waals surface area contributed by atoms with Crippen LogP contribution in [0.1, 0.15) is 92.9 Å². The highest BCUT2D eigenvalue weighted by Gasteiger charge is 2.74. The van der Waals surface area contributed by atoms with Gasteiger partial charge in [0.25, 0.3) is 0 Å². The number of aliphatic hydroxyl groups excluding tert-OH is 1. The van der Waals surface area contributed by atoms with Gasteiger partial charge in [-0.2, -0.15) is 0 Å². The van der Waals surface area contributed by atoms with Crippen LogP contribution in [0.5, 0.6) is 0 Å². The minimum absolute atomic E-state index is 0.0819. The van der Waals surface area contributed by atoms with E-state index in [2.05, 4.69) is 53.7 Å². The van der Waals surface area contributed by atoms with E-state index in [1.54, 1.807) is 0 Å². The molecule has 4 saturated carbocycles. The zero-order valence-electron chi connectivity index (χ0n) is 21.3. The Kier molecular flexibility index (Phi) is 4.73. The summed E-state index contributed by atoms with van der Waals surface area (Å²) < 4.78 is 0. The second kappa shape index (κ2) is 6.85. The Morgan fingerprint density at radius 3 is 2.34 bits per heavy atom. The van der Waals surface area contributed by atoms with Crippen molar-refractivity contribution in [2.75, 3.05) is 0 Å². The molecule has 2 heterocycles. The Morgan fingerprint density at radius 2 is 1.66 bits per heavy atom. The Bertz CT molecular complexity index is 806. The summed E-state index contributed by atoms with van der Waals surface area (Å²) in [4.78, 5) is 12.9. The molecule has 0 aromatic heterocycles. The zero-order chi connectivity index (χ0) is 22.7. The molecule has 7 aliphatic rings. The number of hydrogen-bond acceptors (Lipinski definition) is 3. The van der Waals surface area contributed by atoms with Crippen LogP contribution in [0.25, 0.3) is 0 Å². The van der Waals surface area contributed by atoms with Gasteiger partial charge in [0.2, 0.25) is 0 Å². The van der Waals surface area contributed by atoms with Gasteiger partial charge in [0, 0.05) is 23.7 Å². The maximum absolute atomic E-state index is 10.4. The quantitative estimate of drug-likeness (QED) is 0.396. The van der Waals surface area contributed by atoms with E-state index in [1.807, 2.05) is 0 Å². The van der Waals surface area contributed by atoms with Crippen LogP contribution in [0, 0.1) is 58.2 Å². The number of aliphatic hydroxyl groups is 1. The van der Waals surface area contributed by atoms with Crippen molar-refractivity contribution in [1.82, 2.24) is 0 Å². The van der Waals surface area contributed by atoms with Crippen LogP contribution in [-0.4, -0.2) is 22.4 Å². The lowest BCUT2D eigenvalue weighted by Crippen LogP contribution is -2.73. The summed E-state index contributed by atoms with van der Waals surface area (Å²) >= 11 is 0. The van der Waals surface area contributed by atoms with Crippen LogP contribution in [0.4, 0.5) is 0 Å². The molecule has 180 valence electrons. The highest BCUT2D eigenvalue weighted by atomic mass is 17.2. The molecule has 2 bridgehead atoms. The lowest BCUT2D eigenvalue weighted by molar-refractivity contribution is -0.497. The summed E-state index contributed by atoms with van der Waals surface area (Å²) in [5.74, 6) is 6.23. The maximum Gasteiger partial charge on any atom is 0.130 e. The molecule has 5 aliphatic carbocycles. The largest absolute Gasteiger partial charge is 0.393 e. The Hall–Kier alpha value is -0.380. The maximum atomic E-state index is 10.4. The van der Waals surface area contributed by atoms with Crippen LogP contribution in [0.2, 0.25) is 0 Å². The number of fused-ring (bicyclic) bond motifs is 2. The second-order valence-corrected chi connectivity index (χ2v) is 13.9. The van der Waals surface area contributed by atoms with Crippen LogP contribution < -0.4 is 0 Å². The predicted octanol–water partition coefficient (Wildman–Crippen LogP) is 6.55. The molecule has 12 atom stereocenters. The van der Waals surface area contributed by atoms with Gasteiger partial charge in [-0.25, -0.2) is 9.78 Å². The summed E-state index contributed by atoms with van der Waals surface area (Å²) in [6.45, 7) is 14.9. The average molecular weight is 443 g/mol. The van der Waals surface area contributed by atoms with Gasteiger partial charge >= 0.3 is 0 Å². The van der Waals surface area contributed by atoms with E-state index in [0.717, 1.165) is 48.3 Å². The summed E-state index contributed by atoms with van der Waals surface area (Å²) in [6.07, 6.45) is 13.8. The van der Waals surface area contributed by atoms with Crippen molar-refractivity contribution in [3.63, 3.8) is 0 Å². The number of rotatable bonds is 4. The van der Waals surface area contributed by atoms with Gasteiger partial charge in [-0.3, -0.25) is 0 Å². The van der Waals surface area contributed by atoms with E-state index in [0.29, 0.717) is 23.7 Å². The lowest BCUT2D eigenvalue weighted by atomic mass is 9.42. The molecule has 5 fully saturated rings. The molecule has 2 unspecified atom stereocenters. The van der Waals surface area contributed by atoms with Crippen molar-refractivity contribution in [2.24, 2.45) is 58.2 Å². The first-order valence-electron chi connectivity index (χ1n) is 13.8. The van der Waals surface area contributed by atoms with Crippen molar-refractivity contribution in [1.29, 1.82) is 0 Å². The van der Waals surface area contributed by atoms with Crippen molar-refractivity contribution in [3.05, 3.63) is 12.2 Å². The molecular formula is C29H46O3. The van der Waals surface area contributed by atoms with Gasteiger partial charge in [0.1, 0.15) is 11.2 Å². The monoisotopic (exact) mass is 442 g/mol. The summed E-state index contributed by atoms with van der Waals surface area (Å²) in [5.41, 5.74) is -0.253. The average Bonchev–Trinajstić information content (AvgIpc) is 3.47. The minimum Gasteiger partial charge on any atom is -0.393 e. The second-order valence-electron chi connectivity index (χ2n) is 13.9. The normalized spacial score (nSPS) is 57.6. The molecule has 3 nitrogen and oxygen atoms in total. The fourth-order valence-corrected chi connectivity index (χ4v) is 10.2. The molecule has 2 spiro atoms. The van der Waals surface area contributed by atoms with Gasteiger partial charge in [-0.1, -0.05) is 47.6 Å². The van der Waals surface area contributed by atoms with Gasteiger partial charge in [-0.15, -0.1) is 0 Å². The molecule has 0 amide bonds. The van der Waals surface area contributed by atoms with E-state index in [-0.39, 0.29) is 17.1 Å². The first-order valence-corrected chi connectivity index (χ1v) is 13.8. The smallest absolute Gasteiger partial charge is 0.130 e. The molecule has 0 radical (unpaired) electrons. The lowest BCUT2D eigenvalue weighted by Gasteiger charge is -2.69. The molecule has 1 N–H and O–H groups in total. The molecule has 7 rings (SSSR count). The van der Waals surface area contributed by atoms with Gasteiger partial charge < -0.3 is 5.11 Å². The minimum atomic E-state index is -0.426. The third-order valence-corrected chi connectivity index (χ3v) is 12.6.